The maximum Gasteiger partial charge on any atom is 0.272 e. The molecule has 0 aliphatic carbocycles. The summed E-state index contributed by atoms with van der Waals surface area (Å²) in [6, 6.07) is 5.56. The van der Waals surface area contributed by atoms with E-state index in [-0.39, 0.29) is 22.3 Å². The molecule has 2 rings (SSSR count). The van der Waals surface area contributed by atoms with Crippen LogP contribution in [-0.2, 0) is 6.54 Å². The van der Waals surface area contributed by atoms with E-state index < -0.39 is 4.92 Å². The van der Waals surface area contributed by atoms with Gasteiger partial charge < -0.3 is 9.88 Å². The second-order valence-electron chi connectivity index (χ2n) is 4.20. The van der Waals surface area contributed by atoms with Crippen LogP contribution >= 0.6 is 27.5 Å². The number of carbonyl (C=O) groups excluding carboxylic acids is 1. The second kappa shape index (κ2) is 6.28. The normalized spacial score (nSPS) is 10.4. The number of benzene rings is 1. The van der Waals surface area contributed by atoms with Gasteiger partial charge in [0.05, 0.1) is 15.6 Å². The summed E-state index contributed by atoms with van der Waals surface area (Å²) in [5.41, 5.74) is 0.504. The summed E-state index contributed by atoms with van der Waals surface area (Å²) < 4.78 is 2.53. The minimum Gasteiger partial charge on any atom is -0.343 e. The first-order valence-electron chi connectivity index (χ1n) is 6.03. The SMILES string of the molecule is CCn1cc(Br)cc1C(=O)Nc1cc([N+](=O)[O-])ccc1Cl. The highest BCUT2D eigenvalue weighted by molar-refractivity contribution is 9.10. The smallest absolute Gasteiger partial charge is 0.272 e. The third-order valence-electron chi connectivity index (χ3n) is 2.85. The third-order valence-corrected chi connectivity index (χ3v) is 3.61. The van der Waals surface area contributed by atoms with Gasteiger partial charge in [0.2, 0.25) is 0 Å². The van der Waals surface area contributed by atoms with Crippen LogP contribution in [0.15, 0.2) is 34.9 Å². The first-order chi connectivity index (χ1) is 9.92. The first-order valence-corrected chi connectivity index (χ1v) is 7.20. The van der Waals surface area contributed by atoms with Crippen LogP contribution in [0.2, 0.25) is 5.02 Å². The number of amides is 1. The molecular formula is C13H11BrClN3O3. The molecule has 1 amide bonds. The Labute approximate surface area is 134 Å². The first kappa shape index (κ1) is 15.5. The number of nitrogens with zero attached hydrogens (tertiary/aromatic N) is 2. The van der Waals surface area contributed by atoms with Gasteiger partial charge in [-0.1, -0.05) is 11.6 Å². The summed E-state index contributed by atoms with van der Waals surface area (Å²) in [5.74, 6) is -0.384. The summed E-state index contributed by atoms with van der Waals surface area (Å²) in [7, 11) is 0. The van der Waals surface area contributed by atoms with Gasteiger partial charge in [0.1, 0.15) is 5.69 Å². The Kier molecular flexibility index (Phi) is 4.64. The van der Waals surface area contributed by atoms with E-state index in [9.17, 15) is 14.9 Å². The van der Waals surface area contributed by atoms with Crippen molar-refractivity contribution in [2.24, 2.45) is 0 Å². The Morgan fingerprint density at radius 3 is 2.81 bits per heavy atom. The van der Waals surface area contributed by atoms with Gasteiger partial charge in [-0.25, -0.2) is 0 Å². The number of aromatic nitrogens is 1. The van der Waals surface area contributed by atoms with Gasteiger partial charge in [-0.2, -0.15) is 0 Å². The molecule has 0 saturated heterocycles. The lowest BCUT2D eigenvalue weighted by Gasteiger charge is -2.09. The van der Waals surface area contributed by atoms with E-state index in [1.165, 1.54) is 18.2 Å². The average molecular weight is 373 g/mol. The number of halogens is 2. The van der Waals surface area contributed by atoms with Gasteiger partial charge in [-0.05, 0) is 35.0 Å². The Bertz CT molecular complexity index is 715. The summed E-state index contributed by atoms with van der Waals surface area (Å²) >= 11 is 9.26. The molecule has 0 unspecified atom stereocenters. The van der Waals surface area contributed by atoms with Crippen LogP contribution in [0.4, 0.5) is 11.4 Å². The van der Waals surface area contributed by atoms with Crippen molar-refractivity contribution in [1.82, 2.24) is 4.57 Å². The van der Waals surface area contributed by atoms with Crippen LogP contribution in [0.25, 0.3) is 0 Å². The third kappa shape index (κ3) is 3.43. The molecule has 6 nitrogen and oxygen atoms in total. The minimum absolute atomic E-state index is 0.137. The molecule has 0 spiro atoms. The van der Waals surface area contributed by atoms with Crippen molar-refractivity contribution in [1.29, 1.82) is 0 Å². The number of hydrogen-bond acceptors (Lipinski definition) is 3. The molecule has 0 fully saturated rings. The second-order valence-corrected chi connectivity index (χ2v) is 5.53. The number of nitrogens with one attached hydrogen (secondary N) is 1. The van der Waals surface area contributed by atoms with E-state index >= 15 is 0 Å². The molecule has 8 heteroatoms. The molecule has 110 valence electrons. The zero-order valence-corrected chi connectivity index (χ0v) is 13.3. The zero-order valence-electron chi connectivity index (χ0n) is 11.0. The maximum atomic E-state index is 12.3. The van der Waals surface area contributed by atoms with Gasteiger partial charge >= 0.3 is 0 Å². The molecule has 2 aromatic rings. The molecule has 1 aromatic carbocycles. The molecule has 0 atom stereocenters. The lowest BCUT2D eigenvalue weighted by molar-refractivity contribution is -0.384. The van der Waals surface area contributed by atoms with Gasteiger partial charge in [-0.3, -0.25) is 14.9 Å². The monoisotopic (exact) mass is 371 g/mol. The Morgan fingerprint density at radius 2 is 2.19 bits per heavy atom. The van der Waals surface area contributed by atoms with Crippen LogP contribution < -0.4 is 5.32 Å². The Hall–Kier alpha value is -1.86. The molecular weight excluding hydrogens is 362 g/mol. The average Bonchev–Trinajstić information content (AvgIpc) is 2.82. The maximum absolute atomic E-state index is 12.3. The van der Waals surface area contributed by atoms with E-state index in [4.69, 9.17) is 11.6 Å². The molecule has 21 heavy (non-hydrogen) atoms. The van der Waals surface area contributed by atoms with Gasteiger partial charge in [0, 0.05) is 29.3 Å². The van der Waals surface area contributed by atoms with Crippen molar-refractivity contribution < 1.29 is 9.72 Å². The quantitative estimate of drug-likeness (QED) is 0.649. The van der Waals surface area contributed by atoms with E-state index in [1.54, 1.807) is 16.8 Å². The number of hydrogen-bond donors (Lipinski definition) is 1. The molecule has 0 radical (unpaired) electrons. The van der Waals surface area contributed by atoms with Gasteiger partial charge in [0.15, 0.2) is 0 Å². The molecule has 0 bridgehead atoms. The summed E-state index contributed by atoms with van der Waals surface area (Å²) in [5, 5.41) is 13.6. The molecule has 1 aromatic heterocycles. The number of anilines is 1. The van der Waals surface area contributed by atoms with Crippen LogP contribution in [0.3, 0.4) is 0 Å². The van der Waals surface area contributed by atoms with Crippen LogP contribution in [-0.4, -0.2) is 15.4 Å². The van der Waals surface area contributed by atoms with E-state index in [0.29, 0.717) is 12.2 Å². The standard InChI is InChI=1S/C13H11BrClN3O3/c1-2-17-7-8(14)5-12(17)13(19)16-11-6-9(18(20)21)3-4-10(11)15/h3-7H,2H2,1H3,(H,16,19). The summed E-state index contributed by atoms with van der Waals surface area (Å²) in [6.45, 7) is 2.53. The molecule has 1 N–H and O–H groups in total. The largest absolute Gasteiger partial charge is 0.343 e. The fourth-order valence-electron chi connectivity index (χ4n) is 1.84. The van der Waals surface area contributed by atoms with Crippen molar-refractivity contribution in [2.75, 3.05) is 5.32 Å². The van der Waals surface area contributed by atoms with E-state index in [0.717, 1.165) is 4.47 Å². The molecule has 1 heterocycles. The minimum atomic E-state index is -0.544. The summed E-state index contributed by atoms with van der Waals surface area (Å²) in [6.07, 6.45) is 1.78. The Morgan fingerprint density at radius 1 is 1.48 bits per heavy atom. The molecule has 0 saturated carbocycles. The fraction of sp³-hybridized carbons (Fsp3) is 0.154. The van der Waals surface area contributed by atoms with Crippen molar-refractivity contribution in [3.63, 3.8) is 0 Å². The predicted molar refractivity (Wildman–Crippen MR) is 83.9 cm³/mol. The number of carbonyl (C=O) groups is 1. The van der Waals surface area contributed by atoms with Crippen molar-refractivity contribution >= 4 is 44.8 Å². The van der Waals surface area contributed by atoms with E-state index in [2.05, 4.69) is 21.2 Å². The number of nitro groups is 1. The lowest BCUT2D eigenvalue weighted by atomic mass is 10.2. The van der Waals surface area contributed by atoms with Crippen molar-refractivity contribution in [3.8, 4) is 0 Å². The number of nitro benzene ring substituents is 1. The van der Waals surface area contributed by atoms with Gasteiger partial charge in [-0.15, -0.1) is 0 Å². The van der Waals surface area contributed by atoms with Crippen LogP contribution in [0.1, 0.15) is 17.4 Å². The molecule has 0 aliphatic rings. The lowest BCUT2D eigenvalue weighted by Crippen LogP contribution is -2.16. The molecule has 0 aliphatic heterocycles. The number of aryl methyl sites for hydroxylation is 1. The Balaban J connectivity index is 2.31. The topological polar surface area (TPSA) is 77.2 Å². The predicted octanol–water partition coefficient (Wildman–Crippen LogP) is 4.08. The van der Waals surface area contributed by atoms with Crippen LogP contribution in [0, 0.1) is 10.1 Å². The highest BCUT2D eigenvalue weighted by atomic mass is 79.9. The highest BCUT2D eigenvalue weighted by Crippen LogP contribution is 2.27. The number of rotatable bonds is 4. The van der Waals surface area contributed by atoms with Crippen molar-refractivity contribution in [3.05, 3.63) is 55.8 Å². The van der Waals surface area contributed by atoms with Gasteiger partial charge in [0.25, 0.3) is 11.6 Å². The van der Waals surface area contributed by atoms with E-state index in [1.807, 2.05) is 6.92 Å². The van der Waals surface area contributed by atoms with Crippen molar-refractivity contribution in [2.45, 2.75) is 13.5 Å². The highest BCUT2D eigenvalue weighted by Gasteiger charge is 2.16. The summed E-state index contributed by atoms with van der Waals surface area (Å²) in [4.78, 5) is 22.5. The van der Waals surface area contributed by atoms with Crippen LogP contribution in [0.5, 0.6) is 0 Å². The zero-order chi connectivity index (χ0) is 15.6. The fourth-order valence-corrected chi connectivity index (χ4v) is 2.46. The number of non-ortho nitro benzene ring substituents is 1.